The average Bonchev–Trinajstić information content (AvgIpc) is 2.79. The van der Waals surface area contributed by atoms with Crippen LogP contribution < -0.4 is 20.3 Å². The highest BCUT2D eigenvalue weighted by Gasteiger charge is 2.22. The Morgan fingerprint density at radius 3 is 2.81 bits per heavy atom. The minimum atomic E-state index is 0.0361. The van der Waals surface area contributed by atoms with Crippen molar-refractivity contribution in [2.24, 2.45) is 4.99 Å². The van der Waals surface area contributed by atoms with Gasteiger partial charge in [0.1, 0.15) is 12.4 Å². The first-order chi connectivity index (χ1) is 15.1. The van der Waals surface area contributed by atoms with E-state index in [1.807, 2.05) is 48.2 Å². The number of carbonyl (C=O) groups excluding carboxylic acids is 1. The van der Waals surface area contributed by atoms with Crippen molar-refractivity contribution in [1.29, 1.82) is 0 Å². The van der Waals surface area contributed by atoms with Crippen LogP contribution in [-0.4, -0.2) is 52.3 Å². The van der Waals surface area contributed by atoms with Gasteiger partial charge in [0, 0.05) is 38.5 Å². The predicted molar refractivity (Wildman–Crippen MR) is 124 cm³/mol. The summed E-state index contributed by atoms with van der Waals surface area (Å²) in [5, 5.41) is 6.41. The number of ether oxygens (including phenoxy) is 2. The fourth-order valence-corrected chi connectivity index (χ4v) is 3.62. The lowest BCUT2D eigenvalue weighted by molar-refractivity contribution is -0.117. The lowest BCUT2D eigenvalue weighted by Crippen LogP contribution is -2.45. The molecular formula is C24H32N4O3. The van der Waals surface area contributed by atoms with E-state index in [2.05, 4.69) is 21.7 Å². The van der Waals surface area contributed by atoms with Gasteiger partial charge in [0.15, 0.2) is 5.96 Å². The Morgan fingerprint density at radius 2 is 2.00 bits per heavy atom. The van der Waals surface area contributed by atoms with Crippen LogP contribution in [0.3, 0.4) is 0 Å². The number of anilines is 1. The fraction of sp³-hybridized carbons (Fsp3) is 0.417. The highest BCUT2D eigenvalue weighted by molar-refractivity contribution is 5.98. The molecule has 0 bridgehead atoms. The molecule has 1 amide bonds. The molecule has 3 rings (SSSR count). The summed E-state index contributed by atoms with van der Waals surface area (Å²) in [6.07, 6.45) is 2.00. The number of para-hydroxylation sites is 1. The Balaban J connectivity index is 1.56. The number of fused-ring (bicyclic) bond motifs is 1. The zero-order valence-corrected chi connectivity index (χ0v) is 18.6. The van der Waals surface area contributed by atoms with Crippen LogP contribution in [0.1, 0.15) is 23.1 Å². The molecular weight excluding hydrogens is 392 g/mol. The molecule has 0 spiro atoms. The summed E-state index contributed by atoms with van der Waals surface area (Å²) in [6, 6.07) is 14.2. The van der Waals surface area contributed by atoms with Crippen molar-refractivity contribution in [2.75, 3.05) is 45.4 Å². The lowest BCUT2D eigenvalue weighted by atomic mass is 10.0. The maximum absolute atomic E-state index is 12.8. The maximum atomic E-state index is 12.8. The first kappa shape index (κ1) is 22.6. The second-order valence-corrected chi connectivity index (χ2v) is 7.51. The van der Waals surface area contributed by atoms with E-state index in [4.69, 9.17) is 9.47 Å². The summed E-state index contributed by atoms with van der Waals surface area (Å²) in [5.41, 5.74) is 4.39. The third-order valence-corrected chi connectivity index (χ3v) is 5.26. The second-order valence-electron chi connectivity index (χ2n) is 7.51. The molecule has 2 N–H and O–H groups in total. The van der Waals surface area contributed by atoms with Gasteiger partial charge in [-0.2, -0.15) is 0 Å². The molecule has 0 aromatic heterocycles. The normalized spacial score (nSPS) is 13.5. The standard InChI is InChI=1S/C24H32N4O3/c1-18-10-11-20(22(15-18)31-14-13-30-3)16-26-24(25-2)27-17-23(29)28-12-6-8-19-7-4-5-9-21(19)28/h4-5,7,9-11,15H,6,8,12-14,16-17H2,1-3H3,(H2,25,26,27). The topological polar surface area (TPSA) is 75.2 Å². The SMILES string of the molecule is CN=C(NCC(=O)N1CCCc2ccccc21)NCc1ccc(C)cc1OCCOC. The molecule has 0 saturated carbocycles. The number of guanidine groups is 1. The van der Waals surface area contributed by atoms with Crippen LogP contribution in [-0.2, 0) is 22.5 Å². The Kier molecular flexibility index (Phi) is 8.29. The number of amides is 1. The van der Waals surface area contributed by atoms with E-state index in [9.17, 15) is 4.79 Å². The number of nitrogens with one attached hydrogen (secondary N) is 2. The molecule has 1 heterocycles. The van der Waals surface area contributed by atoms with Gasteiger partial charge in [-0.15, -0.1) is 0 Å². The number of hydrogen-bond donors (Lipinski definition) is 2. The number of methoxy groups -OCH3 is 1. The van der Waals surface area contributed by atoms with Gasteiger partial charge in [-0.3, -0.25) is 9.79 Å². The van der Waals surface area contributed by atoms with Gasteiger partial charge in [-0.1, -0.05) is 30.3 Å². The lowest BCUT2D eigenvalue weighted by Gasteiger charge is -2.29. The minimum absolute atomic E-state index is 0.0361. The highest BCUT2D eigenvalue weighted by atomic mass is 16.5. The van der Waals surface area contributed by atoms with Crippen LogP contribution in [0, 0.1) is 6.92 Å². The number of benzene rings is 2. The molecule has 31 heavy (non-hydrogen) atoms. The number of nitrogens with zero attached hydrogens (tertiary/aromatic N) is 2. The Morgan fingerprint density at radius 1 is 1.16 bits per heavy atom. The molecule has 1 aliphatic heterocycles. The van der Waals surface area contributed by atoms with E-state index in [0.29, 0.717) is 25.7 Å². The van der Waals surface area contributed by atoms with Gasteiger partial charge in [0.05, 0.1) is 13.2 Å². The Bertz CT molecular complexity index is 913. The first-order valence-electron chi connectivity index (χ1n) is 10.7. The monoisotopic (exact) mass is 424 g/mol. The van der Waals surface area contributed by atoms with Gasteiger partial charge < -0.3 is 25.0 Å². The van der Waals surface area contributed by atoms with Crippen molar-refractivity contribution >= 4 is 17.6 Å². The molecule has 1 aliphatic rings. The smallest absolute Gasteiger partial charge is 0.246 e. The number of rotatable bonds is 8. The molecule has 0 aliphatic carbocycles. The van der Waals surface area contributed by atoms with Crippen LogP contribution in [0.2, 0.25) is 0 Å². The molecule has 166 valence electrons. The van der Waals surface area contributed by atoms with Gasteiger partial charge in [-0.05, 0) is 43.0 Å². The molecule has 2 aromatic rings. The van der Waals surface area contributed by atoms with Crippen molar-refractivity contribution in [3.8, 4) is 5.75 Å². The number of hydrogen-bond acceptors (Lipinski definition) is 4. The second kappa shape index (κ2) is 11.4. The van der Waals surface area contributed by atoms with E-state index in [1.165, 1.54) is 5.56 Å². The summed E-state index contributed by atoms with van der Waals surface area (Å²) >= 11 is 0. The van der Waals surface area contributed by atoms with Crippen LogP contribution in [0.15, 0.2) is 47.5 Å². The predicted octanol–water partition coefficient (Wildman–Crippen LogP) is 2.66. The first-order valence-corrected chi connectivity index (χ1v) is 10.7. The van der Waals surface area contributed by atoms with E-state index in [1.54, 1.807) is 14.2 Å². The van der Waals surface area contributed by atoms with Gasteiger partial charge >= 0.3 is 0 Å². The van der Waals surface area contributed by atoms with Crippen molar-refractivity contribution in [3.05, 3.63) is 59.2 Å². The Hall–Kier alpha value is -3.06. The van der Waals surface area contributed by atoms with Crippen molar-refractivity contribution in [2.45, 2.75) is 26.3 Å². The summed E-state index contributed by atoms with van der Waals surface area (Å²) in [4.78, 5) is 19.0. The average molecular weight is 425 g/mol. The zero-order chi connectivity index (χ0) is 22.1. The molecule has 0 atom stereocenters. The van der Waals surface area contributed by atoms with Crippen molar-refractivity contribution in [1.82, 2.24) is 10.6 Å². The number of aliphatic imine (C=N–C) groups is 1. The van der Waals surface area contributed by atoms with Crippen molar-refractivity contribution in [3.63, 3.8) is 0 Å². The van der Waals surface area contributed by atoms with Crippen LogP contribution in [0.5, 0.6) is 5.75 Å². The quantitative estimate of drug-likeness (QED) is 0.387. The molecule has 2 aromatic carbocycles. The summed E-state index contributed by atoms with van der Waals surface area (Å²) in [6.45, 7) is 4.51. The molecule has 0 radical (unpaired) electrons. The van der Waals surface area contributed by atoms with Gasteiger partial charge in [0.2, 0.25) is 5.91 Å². The zero-order valence-electron chi connectivity index (χ0n) is 18.6. The van der Waals surface area contributed by atoms with Crippen LogP contribution >= 0.6 is 0 Å². The number of carbonyl (C=O) groups is 1. The van der Waals surface area contributed by atoms with E-state index >= 15 is 0 Å². The van der Waals surface area contributed by atoms with Gasteiger partial charge in [-0.25, -0.2) is 0 Å². The fourth-order valence-electron chi connectivity index (χ4n) is 3.62. The molecule has 7 nitrogen and oxygen atoms in total. The van der Waals surface area contributed by atoms with E-state index < -0.39 is 0 Å². The third-order valence-electron chi connectivity index (χ3n) is 5.26. The molecule has 0 unspecified atom stereocenters. The highest BCUT2D eigenvalue weighted by Crippen LogP contribution is 2.26. The van der Waals surface area contributed by atoms with Crippen molar-refractivity contribution < 1.29 is 14.3 Å². The summed E-state index contributed by atoms with van der Waals surface area (Å²) in [5.74, 6) is 1.43. The summed E-state index contributed by atoms with van der Waals surface area (Å²) in [7, 11) is 3.35. The van der Waals surface area contributed by atoms with E-state index in [-0.39, 0.29) is 12.5 Å². The van der Waals surface area contributed by atoms with E-state index in [0.717, 1.165) is 42.0 Å². The summed E-state index contributed by atoms with van der Waals surface area (Å²) < 4.78 is 10.9. The Labute approximate surface area is 184 Å². The van der Waals surface area contributed by atoms with Gasteiger partial charge in [0.25, 0.3) is 0 Å². The van der Waals surface area contributed by atoms with Crippen LogP contribution in [0.25, 0.3) is 0 Å². The maximum Gasteiger partial charge on any atom is 0.246 e. The molecule has 0 fully saturated rings. The molecule has 0 saturated heterocycles. The molecule has 7 heteroatoms. The van der Waals surface area contributed by atoms with Crippen LogP contribution in [0.4, 0.5) is 5.69 Å². The largest absolute Gasteiger partial charge is 0.491 e. The number of aryl methyl sites for hydroxylation is 2. The third kappa shape index (κ3) is 6.21. The minimum Gasteiger partial charge on any atom is -0.491 e.